The zero-order valence-electron chi connectivity index (χ0n) is 11.7. The van der Waals surface area contributed by atoms with Crippen LogP contribution in [0.4, 0.5) is 5.69 Å². The van der Waals surface area contributed by atoms with Crippen LogP contribution in [0.5, 0.6) is 5.75 Å². The molecule has 0 heterocycles. The minimum atomic E-state index is -0.287. The molecule has 0 aromatic heterocycles. The largest absolute Gasteiger partial charge is 0.508 e. The summed E-state index contributed by atoms with van der Waals surface area (Å²) in [5.74, 6) is 5.49. The Morgan fingerprint density at radius 1 is 1.24 bits per heavy atom. The summed E-state index contributed by atoms with van der Waals surface area (Å²) in [6.45, 7) is 1.96. The van der Waals surface area contributed by atoms with Crippen molar-refractivity contribution in [2.75, 3.05) is 11.9 Å². The van der Waals surface area contributed by atoms with Gasteiger partial charge in [-0.3, -0.25) is 4.79 Å². The first-order chi connectivity index (χ1) is 10.1. The van der Waals surface area contributed by atoms with Crippen LogP contribution >= 0.6 is 0 Å². The van der Waals surface area contributed by atoms with Gasteiger partial charge in [0.05, 0.1) is 12.2 Å². The second-order valence-corrected chi connectivity index (χ2v) is 4.46. The van der Waals surface area contributed by atoms with Gasteiger partial charge in [0.15, 0.2) is 0 Å². The van der Waals surface area contributed by atoms with E-state index in [1.54, 1.807) is 31.2 Å². The number of rotatable bonds is 2. The molecular weight excluding hydrogens is 264 g/mol. The first kappa shape index (κ1) is 14.6. The SMILES string of the molecule is Cc1c(O)cccc1C(=O)Nc1ccccc1C#CCN. The van der Waals surface area contributed by atoms with Crippen LogP contribution < -0.4 is 11.1 Å². The fraction of sp³-hybridized carbons (Fsp3) is 0.118. The van der Waals surface area contributed by atoms with Gasteiger partial charge in [0.2, 0.25) is 0 Å². The molecule has 0 saturated heterocycles. The van der Waals surface area contributed by atoms with Crippen molar-refractivity contribution in [3.05, 3.63) is 59.2 Å². The maximum absolute atomic E-state index is 12.3. The first-order valence-electron chi connectivity index (χ1n) is 6.51. The van der Waals surface area contributed by atoms with E-state index in [9.17, 15) is 9.90 Å². The second-order valence-electron chi connectivity index (χ2n) is 4.46. The van der Waals surface area contributed by atoms with Crippen molar-refractivity contribution in [2.24, 2.45) is 5.73 Å². The fourth-order valence-electron chi connectivity index (χ4n) is 1.91. The van der Waals surface area contributed by atoms with Crippen LogP contribution in [0.25, 0.3) is 0 Å². The Bertz CT molecular complexity index is 727. The van der Waals surface area contributed by atoms with E-state index < -0.39 is 0 Å². The summed E-state index contributed by atoms with van der Waals surface area (Å²) in [7, 11) is 0. The van der Waals surface area contributed by atoms with Crippen LogP contribution in [0, 0.1) is 18.8 Å². The zero-order chi connectivity index (χ0) is 15.2. The number of nitrogens with one attached hydrogen (secondary N) is 1. The number of anilines is 1. The Balaban J connectivity index is 2.30. The van der Waals surface area contributed by atoms with E-state index in [4.69, 9.17) is 5.73 Å². The Labute approximate surface area is 123 Å². The van der Waals surface area contributed by atoms with Gasteiger partial charge in [-0.15, -0.1) is 0 Å². The Morgan fingerprint density at radius 3 is 2.76 bits per heavy atom. The van der Waals surface area contributed by atoms with Crippen LogP contribution in [0.2, 0.25) is 0 Å². The smallest absolute Gasteiger partial charge is 0.256 e. The molecule has 0 radical (unpaired) electrons. The molecule has 2 aromatic carbocycles. The van der Waals surface area contributed by atoms with Crippen LogP contribution in [0.1, 0.15) is 21.5 Å². The van der Waals surface area contributed by atoms with Gasteiger partial charge in [0, 0.05) is 16.7 Å². The zero-order valence-corrected chi connectivity index (χ0v) is 11.7. The molecule has 21 heavy (non-hydrogen) atoms. The highest BCUT2D eigenvalue weighted by Crippen LogP contribution is 2.21. The Kier molecular flexibility index (Phi) is 4.60. The van der Waals surface area contributed by atoms with Gasteiger partial charge in [-0.2, -0.15) is 0 Å². The van der Waals surface area contributed by atoms with Gasteiger partial charge < -0.3 is 16.2 Å². The van der Waals surface area contributed by atoms with E-state index in [-0.39, 0.29) is 18.2 Å². The van der Waals surface area contributed by atoms with Crippen LogP contribution in [-0.4, -0.2) is 17.6 Å². The van der Waals surface area contributed by atoms with Crippen molar-refractivity contribution < 1.29 is 9.90 Å². The molecule has 4 N–H and O–H groups in total. The molecule has 0 atom stereocenters. The lowest BCUT2D eigenvalue weighted by Crippen LogP contribution is -2.14. The van der Waals surface area contributed by atoms with Crippen molar-refractivity contribution in [3.8, 4) is 17.6 Å². The molecule has 0 unspecified atom stereocenters. The van der Waals surface area contributed by atoms with Gasteiger partial charge in [-0.25, -0.2) is 0 Å². The molecule has 4 nitrogen and oxygen atoms in total. The van der Waals surface area contributed by atoms with Crippen molar-refractivity contribution in [1.82, 2.24) is 0 Å². The van der Waals surface area contributed by atoms with E-state index in [0.717, 1.165) is 0 Å². The molecule has 0 aliphatic rings. The Morgan fingerprint density at radius 2 is 2.00 bits per heavy atom. The fourth-order valence-corrected chi connectivity index (χ4v) is 1.91. The van der Waals surface area contributed by atoms with Crippen molar-refractivity contribution >= 4 is 11.6 Å². The highest BCUT2D eigenvalue weighted by Gasteiger charge is 2.12. The van der Waals surface area contributed by atoms with Crippen LogP contribution in [0.15, 0.2) is 42.5 Å². The van der Waals surface area contributed by atoms with Crippen molar-refractivity contribution in [2.45, 2.75) is 6.92 Å². The quantitative estimate of drug-likeness (QED) is 0.739. The molecule has 0 bridgehead atoms. The summed E-state index contributed by atoms with van der Waals surface area (Å²) in [5, 5.41) is 12.5. The maximum atomic E-state index is 12.3. The monoisotopic (exact) mass is 280 g/mol. The number of carbonyl (C=O) groups excluding carboxylic acids is 1. The molecule has 2 aromatic rings. The molecule has 0 saturated carbocycles. The summed E-state index contributed by atoms with van der Waals surface area (Å²) in [6, 6.07) is 12.1. The maximum Gasteiger partial charge on any atom is 0.256 e. The summed E-state index contributed by atoms with van der Waals surface area (Å²) in [5.41, 5.74) is 7.66. The summed E-state index contributed by atoms with van der Waals surface area (Å²) in [4.78, 5) is 12.3. The number of benzene rings is 2. The van der Waals surface area contributed by atoms with Crippen molar-refractivity contribution in [1.29, 1.82) is 0 Å². The number of phenols is 1. The van der Waals surface area contributed by atoms with E-state index in [1.807, 2.05) is 18.2 Å². The number of para-hydroxylation sites is 1. The highest BCUT2D eigenvalue weighted by atomic mass is 16.3. The highest BCUT2D eigenvalue weighted by molar-refractivity contribution is 6.06. The number of amides is 1. The number of aromatic hydroxyl groups is 1. The molecule has 4 heteroatoms. The average molecular weight is 280 g/mol. The first-order valence-corrected chi connectivity index (χ1v) is 6.51. The third kappa shape index (κ3) is 3.41. The number of hydrogen-bond acceptors (Lipinski definition) is 3. The standard InChI is InChI=1S/C17H16N2O2/c1-12-14(8-4-10-16(12)20)17(21)19-15-9-3-2-6-13(15)7-5-11-18/h2-4,6,8-10,20H,11,18H2,1H3,(H,19,21). The molecule has 0 spiro atoms. The second kappa shape index (κ2) is 6.60. The number of nitrogens with two attached hydrogens (primary N) is 1. The molecule has 0 fully saturated rings. The van der Waals surface area contributed by atoms with E-state index >= 15 is 0 Å². The normalized spacial score (nSPS) is 9.62. The topological polar surface area (TPSA) is 75.3 Å². The number of phenolic OH excluding ortho intramolecular Hbond substituents is 1. The van der Waals surface area contributed by atoms with Gasteiger partial charge in [-0.05, 0) is 31.2 Å². The minimum Gasteiger partial charge on any atom is -0.508 e. The van der Waals surface area contributed by atoms with Crippen LogP contribution in [-0.2, 0) is 0 Å². The van der Waals surface area contributed by atoms with Crippen LogP contribution in [0.3, 0.4) is 0 Å². The third-order valence-electron chi connectivity index (χ3n) is 3.05. The van der Waals surface area contributed by atoms with Gasteiger partial charge in [0.1, 0.15) is 5.75 Å². The molecule has 0 aliphatic carbocycles. The van der Waals surface area contributed by atoms with Gasteiger partial charge in [-0.1, -0.05) is 30.0 Å². The molecule has 1 amide bonds. The molecular formula is C17H16N2O2. The van der Waals surface area contributed by atoms with Gasteiger partial charge >= 0.3 is 0 Å². The van der Waals surface area contributed by atoms with E-state index in [2.05, 4.69) is 17.2 Å². The third-order valence-corrected chi connectivity index (χ3v) is 3.05. The number of hydrogen-bond donors (Lipinski definition) is 3. The van der Waals surface area contributed by atoms with E-state index in [0.29, 0.717) is 22.4 Å². The van der Waals surface area contributed by atoms with E-state index in [1.165, 1.54) is 0 Å². The lowest BCUT2D eigenvalue weighted by Gasteiger charge is -2.10. The minimum absolute atomic E-state index is 0.0962. The predicted octanol–water partition coefficient (Wildman–Crippen LogP) is 2.26. The Hall–Kier alpha value is -2.77. The summed E-state index contributed by atoms with van der Waals surface area (Å²) < 4.78 is 0. The molecule has 2 rings (SSSR count). The van der Waals surface area contributed by atoms with Gasteiger partial charge in [0.25, 0.3) is 5.91 Å². The predicted molar refractivity (Wildman–Crippen MR) is 83.2 cm³/mol. The number of carbonyl (C=O) groups is 1. The summed E-state index contributed by atoms with van der Waals surface area (Å²) >= 11 is 0. The molecule has 0 aliphatic heterocycles. The summed E-state index contributed by atoms with van der Waals surface area (Å²) in [6.07, 6.45) is 0. The van der Waals surface area contributed by atoms with Crippen molar-refractivity contribution in [3.63, 3.8) is 0 Å². The average Bonchev–Trinajstić information content (AvgIpc) is 2.49. The lowest BCUT2D eigenvalue weighted by molar-refractivity contribution is 0.102. The lowest BCUT2D eigenvalue weighted by atomic mass is 10.1. The molecule has 106 valence electrons.